The smallest absolute Gasteiger partial charge is 0.257 e. The number of hydrogen-bond acceptors (Lipinski definition) is 5. The molecule has 0 spiro atoms. The summed E-state index contributed by atoms with van der Waals surface area (Å²) in [6, 6.07) is 14.2. The van der Waals surface area contributed by atoms with Crippen LogP contribution in [-0.2, 0) is 6.54 Å². The molecule has 0 fully saturated rings. The Balaban J connectivity index is 1.77. The highest BCUT2D eigenvalue weighted by Crippen LogP contribution is 2.24. The van der Waals surface area contributed by atoms with E-state index in [0.29, 0.717) is 18.3 Å². The highest BCUT2D eigenvalue weighted by molar-refractivity contribution is 7.13. The second-order valence-corrected chi connectivity index (χ2v) is 5.28. The Labute approximate surface area is 121 Å². The molecule has 1 aromatic carbocycles. The summed E-state index contributed by atoms with van der Waals surface area (Å²) in [6.07, 6.45) is 0. The number of nitrogens with zero attached hydrogens (tertiary/aromatic N) is 3. The monoisotopic (exact) mass is 285 g/mol. The molecule has 0 aliphatic heterocycles. The zero-order valence-corrected chi connectivity index (χ0v) is 12.0. The van der Waals surface area contributed by atoms with Gasteiger partial charge in [0.05, 0.1) is 11.4 Å². The molecule has 20 heavy (non-hydrogen) atoms. The maximum absolute atomic E-state index is 5.73. The van der Waals surface area contributed by atoms with Gasteiger partial charge in [-0.15, -0.1) is 21.5 Å². The number of benzene rings is 1. The van der Waals surface area contributed by atoms with Gasteiger partial charge in [-0.05, 0) is 30.5 Å². The normalized spacial score (nSPS) is 10.7. The summed E-state index contributed by atoms with van der Waals surface area (Å²) in [5, 5.41) is 10.2. The van der Waals surface area contributed by atoms with Gasteiger partial charge in [0.15, 0.2) is 0 Å². The third-order valence-corrected chi connectivity index (χ3v) is 3.89. The summed E-state index contributed by atoms with van der Waals surface area (Å²) in [5.41, 5.74) is 1.16. The van der Waals surface area contributed by atoms with Crippen molar-refractivity contribution in [2.24, 2.45) is 0 Å². The Morgan fingerprint density at radius 1 is 1.10 bits per heavy atom. The molecule has 0 saturated heterocycles. The standard InChI is InChI=1S/C15H15N3OS/c1-2-18(12-7-4-3-5-8-12)11-14-16-17-15(19-14)13-9-6-10-20-13/h3-10H,2,11H2,1H3. The van der Waals surface area contributed by atoms with Crippen molar-refractivity contribution in [3.05, 3.63) is 53.7 Å². The van der Waals surface area contributed by atoms with Crippen LogP contribution in [0.2, 0.25) is 0 Å². The summed E-state index contributed by atoms with van der Waals surface area (Å²) in [6.45, 7) is 3.63. The molecule has 2 aromatic heterocycles. The molecule has 0 atom stereocenters. The zero-order chi connectivity index (χ0) is 13.8. The van der Waals surface area contributed by atoms with Crippen molar-refractivity contribution in [3.8, 4) is 10.8 Å². The van der Waals surface area contributed by atoms with Gasteiger partial charge in [-0.1, -0.05) is 24.3 Å². The van der Waals surface area contributed by atoms with E-state index in [-0.39, 0.29) is 0 Å². The van der Waals surface area contributed by atoms with E-state index in [9.17, 15) is 0 Å². The fraction of sp³-hybridized carbons (Fsp3) is 0.200. The molecule has 5 heteroatoms. The van der Waals surface area contributed by atoms with Crippen molar-refractivity contribution in [2.45, 2.75) is 13.5 Å². The Morgan fingerprint density at radius 3 is 2.65 bits per heavy atom. The molecule has 4 nitrogen and oxygen atoms in total. The van der Waals surface area contributed by atoms with E-state index < -0.39 is 0 Å². The Hall–Kier alpha value is -2.14. The first-order chi connectivity index (χ1) is 9.86. The topological polar surface area (TPSA) is 42.2 Å². The maximum Gasteiger partial charge on any atom is 0.257 e. The van der Waals surface area contributed by atoms with Gasteiger partial charge in [0, 0.05) is 12.2 Å². The van der Waals surface area contributed by atoms with Crippen molar-refractivity contribution in [2.75, 3.05) is 11.4 Å². The predicted octanol–water partition coefficient (Wildman–Crippen LogP) is 3.82. The lowest BCUT2D eigenvalue weighted by molar-refractivity contribution is 0.500. The van der Waals surface area contributed by atoms with Crippen LogP contribution in [0.1, 0.15) is 12.8 Å². The minimum atomic E-state index is 0.596. The Bertz CT molecular complexity index is 649. The van der Waals surface area contributed by atoms with Gasteiger partial charge in [-0.3, -0.25) is 0 Å². The number of para-hydroxylation sites is 1. The lowest BCUT2D eigenvalue weighted by Gasteiger charge is -2.20. The van der Waals surface area contributed by atoms with Crippen molar-refractivity contribution < 1.29 is 4.42 Å². The van der Waals surface area contributed by atoms with Gasteiger partial charge in [0.1, 0.15) is 0 Å². The fourth-order valence-electron chi connectivity index (χ4n) is 2.01. The highest BCUT2D eigenvalue weighted by atomic mass is 32.1. The van der Waals surface area contributed by atoms with Gasteiger partial charge in [0.2, 0.25) is 5.89 Å². The van der Waals surface area contributed by atoms with Crippen molar-refractivity contribution >= 4 is 17.0 Å². The average Bonchev–Trinajstić information content (AvgIpc) is 3.16. The predicted molar refractivity (Wildman–Crippen MR) is 80.8 cm³/mol. The SMILES string of the molecule is CCN(Cc1nnc(-c2cccs2)o1)c1ccccc1. The van der Waals surface area contributed by atoms with Gasteiger partial charge in [-0.25, -0.2) is 0 Å². The molecule has 2 heterocycles. The first-order valence-electron chi connectivity index (χ1n) is 6.53. The van der Waals surface area contributed by atoms with E-state index in [0.717, 1.165) is 17.1 Å². The summed E-state index contributed by atoms with van der Waals surface area (Å²) in [5.74, 6) is 1.23. The molecule has 0 aliphatic rings. The van der Waals surface area contributed by atoms with Gasteiger partial charge in [-0.2, -0.15) is 0 Å². The number of hydrogen-bond donors (Lipinski definition) is 0. The molecule has 0 saturated carbocycles. The fourth-order valence-corrected chi connectivity index (χ4v) is 2.65. The third-order valence-electron chi connectivity index (χ3n) is 3.03. The lowest BCUT2D eigenvalue weighted by atomic mass is 10.3. The molecule has 3 rings (SSSR count). The van der Waals surface area contributed by atoms with E-state index in [1.807, 2.05) is 35.7 Å². The van der Waals surface area contributed by atoms with Crippen LogP contribution in [-0.4, -0.2) is 16.7 Å². The van der Waals surface area contributed by atoms with Crippen LogP contribution in [0, 0.1) is 0 Å². The van der Waals surface area contributed by atoms with Crippen LogP contribution in [0.5, 0.6) is 0 Å². The molecule has 0 aliphatic carbocycles. The number of aromatic nitrogens is 2. The largest absolute Gasteiger partial charge is 0.418 e. The van der Waals surface area contributed by atoms with Crippen molar-refractivity contribution in [3.63, 3.8) is 0 Å². The maximum atomic E-state index is 5.73. The average molecular weight is 285 g/mol. The second-order valence-electron chi connectivity index (χ2n) is 4.33. The molecule has 3 aromatic rings. The molecule has 0 radical (unpaired) electrons. The second kappa shape index (κ2) is 5.88. The number of rotatable bonds is 5. The molecular formula is C15H15N3OS. The van der Waals surface area contributed by atoms with Crippen LogP contribution >= 0.6 is 11.3 Å². The van der Waals surface area contributed by atoms with E-state index in [4.69, 9.17) is 4.42 Å². The Morgan fingerprint density at radius 2 is 1.95 bits per heavy atom. The van der Waals surface area contributed by atoms with Crippen LogP contribution in [0.3, 0.4) is 0 Å². The lowest BCUT2D eigenvalue weighted by Crippen LogP contribution is -2.22. The summed E-state index contributed by atoms with van der Waals surface area (Å²) < 4.78 is 5.73. The van der Waals surface area contributed by atoms with Crippen LogP contribution in [0.15, 0.2) is 52.3 Å². The summed E-state index contributed by atoms with van der Waals surface area (Å²) >= 11 is 1.60. The van der Waals surface area contributed by atoms with Crippen molar-refractivity contribution in [1.29, 1.82) is 0 Å². The highest BCUT2D eigenvalue weighted by Gasteiger charge is 2.12. The van der Waals surface area contributed by atoms with Crippen LogP contribution < -0.4 is 4.90 Å². The van der Waals surface area contributed by atoms with Gasteiger partial charge in [0.25, 0.3) is 5.89 Å². The van der Waals surface area contributed by atoms with Gasteiger partial charge < -0.3 is 9.32 Å². The molecule has 102 valence electrons. The van der Waals surface area contributed by atoms with Crippen LogP contribution in [0.4, 0.5) is 5.69 Å². The van der Waals surface area contributed by atoms with E-state index in [1.165, 1.54) is 0 Å². The number of anilines is 1. The quantitative estimate of drug-likeness (QED) is 0.714. The molecular weight excluding hydrogens is 270 g/mol. The third kappa shape index (κ3) is 2.72. The molecule has 0 bridgehead atoms. The van der Waals surface area contributed by atoms with Gasteiger partial charge >= 0.3 is 0 Å². The molecule has 0 N–H and O–H groups in total. The minimum absolute atomic E-state index is 0.596. The van der Waals surface area contributed by atoms with E-state index in [2.05, 4.69) is 34.2 Å². The number of thiophene rings is 1. The molecule has 0 amide bonds. The van der Waals surface area contributed by atoms with Crippen molar-refractivity contribution in [1.82, 2.24) is 10.2 Å². The summed E-state index contributed by atoms with van der Waals surface area (Å²) in [4.78, 5) is 3.21. The van der Waals surface area contributed by atoms with E-state index >= 15 is 0 Å². The minimum Gasteiger partial charge on any atom is -0.418 e. The first-order valence-corrected chi connectivity index (χ1v) is 7.41. The van der Waals surface area contributed by atoms with E-state index in [1.54, 1.807) is 11.3 Å². The van der Waals surface area contributed by atoms with Crippen LogP contribution in [0.25, 0.3) is 10.8 Å². The summed E-state index contributed by atoms with van der Waals surface area (Å²) in [7, 11) is 0. The molecule has 0 unspecified atom stereocenters. The first kappa shape index (κ1) is 12.9. The Kier molecular flexibility index (Phi) is 3.78. The zero-order valence-electron chi connectivity index (χ0n) is 11.2.